The number of carbonyl (C=O) groups excluding carboxylic acids is 1. The lowest BCUT2D eigenvalue weighted by atomic mass is 9.84. The van der Waals surface area contributed by atoms with Gasteiger partial charge in [0.25, 0.3) is 0 Å². The molecule has 1 amide bonds. The van der Waals surface area contributed by atoms with E-state index >= 15 is 0 Å². The van der Waals surface area contributed by atoms with Crippen LogP contribution in [0.25, 0.3) is 0 Å². The minimum atomic E-state index is -0.107. The van der Waals surface area contributed by atoms with Crippen LogP contribution >= 0.6 is 0 Å². The largest absolute Gasteiger partial charge is 0.497 e. The van der Waals surface area contributed by atoms with Gasteiger partial charge >= 0.3 is 0 Å². The molecule has 146 valence electrons. The molecule has 28 heavy (non-hydrogen) atoms. The summed E-state index contributed by atoms with van der Waals surface area (Å²) in [6.07, 6.45) is 3.74. The number of benzene rings is 2. The maximum atomic E-state index is 13.0. The van der Waals surface area contributed by atoms with Gasteiger partial charge in [0.05, 0.1) is 19.4 Å². The zero-order valence-corrected chi connectivity index (χ0v) is 16.2. The monoisotopic (exact) mass is 378 g/mol. The van der Waals surface area contributed by atoms with Crippen molar-refractivity contribution in [2.45, 2.75) is 38.3 Å². The Morgan fingerprint density at radius 3 is 2.71 bits per heavy atom. The van der Waals surface area contributed by atoms with Crippen LogP contribution in [0.3, 0.4) is 0 Å². The zero-order chi connectivity index (χ0) is 19.3. The van der Waals surface area contributed by atoms with Gasteiger partial charge in [0, 0.05) is 18.9 Å². The summed E-state index contributed by atoms with van der Waals surface area (Å²) >= 11 is 0. The van der Waals surface area contributed by atoms with Gasteiger partial charge in [-0.25, -0.2) is 0 Å². The third-order valence-electron chi connectivity index (χ3n) is 5.54. The highest BCUT2D eigenvalue weighted by Gasteiger charge is 2.32. The molecule has 0 radical (unpaired) electrons. The summed E-state index contributed by atoms with van der Waals surface area (Å²) in [5, 5.41) is 4.27. The van der Waals surface area contributed by atoms with E-state index < -0.39 is 0 Å². The van der Waals surface area contributed by atoms with Crippen LogP contribution in [0.15, 0.2) is 59.8 Å². The Morgan fingerprint density at radius 1 is 1.18 bits per heavy atom. The molecule has 0 spiro atoms. The van der Waals surface area contributed by atoms with Crippen molar-refractivity contribution >= 4 is 11.6 Å². The Hall–Kier alpha value is -2.82. The van der Waals surface area contributed by atoms with Gasteiger partial charge in [-0.15, -0.1) is 0 Å². The molecular formula is C23H26N2O3. The summed E-state index contributed by atoms with van der Waals surface area (Å²) in [5.41, 5.74) is 3.09. The number of carbonyl (C=O) groups is 1. The van der Waals surface area contributed by atoms with Gasteiger partial charge in [-0.3, -0.25) is 4.79 Å². The number of methoxy groups -OCH3 is 1. The molecule has 1 unspecified atom stereocenters. The molecule has 1 fully saturated rings. The number of amides is 1. The first kappa shape index (κ1) is 18.5. The summed E-state index contributed by atoms with van der Waals surface area (Å²) in [6.45, 7) is 1.11. The lowest BCUT2D eigenvalue weighted by Gasteiger charge is -2.32. The predicted octanol–water partition coefficient (Wildman–Crippen LogP) is 4.02. The van der Waals surface area contributed by atoms with E-state index in [0.717, 1.165) is 48.3 Å². The highest BCUT2D eigenvalue weighted by Crippen LogP contribution is 2.30. The lowest BCUT2D eigenvalue weighted by Crippen LogP contribution is -2.42. The highest BCUT2D eigenvalue weighted by atomic mass is 16.6. The van der Waals surface area contributed by atoms with Gasteiger partial charge in [0.15, 0.2) is 6.10 Å². The molecule has 4 rings (SSSR count). The van der Waals surface area contributed by atoms with Crippen molar-refractivity contribution in [3.63, 3.8) is 0 Å². The Balaban J connectivity index is 1.44. The van der Waals surface area contributed by atoms with E-state index in [1.54, 1.807) is 7.11 Å². The topological polar surface area (TPSA) is 51.1 Å². The number of oxime groups is 1. The van der Waals surface area contributed by atoms with Gasteiger partial charge < -0.3 is 14.5 Å². The van der Waals surface area contributed by atoms with Crippen LogP contribution in [0, 0.1) is 5.92 Å². The van der Waals surface area contributed by atoms with Crippen LogP contribution in [-0.4, -0.2) is 36.3 Å². The minimum absolute atomic E-state index is 0.107. The maximum Gasteiger partial charge on any atom is 0.226 e. The van der Waals surface area contributed by atoms with Crippen molar-refractivity contribution in [1.29, 1.82) is 0 Å². The molecule has 2 aromatic carbocycles. The molecule has 1 saturated carbocycles. The standard InChI is InChI=1S/C23H26N2O3/c1-27-20-12-5-7-17(13-20)15-25(23(26)19-10-6-11-19)16-21-14-22(24-28-21)18-8-3-2-4-9-18/h2-5,7-9,12-13,19,21H,6,10-11,14-16H2,1H3. The van der Waals surface area contributed by atoms with E-state index in [-0.39, 0.29) is 17.9 Å². The van der Waals surface area contributed by atoms with Crippen molar-refractivity contribution in [1.82, 2.24) is 4.90 Å². The minimum Gasteiger partial charge on any atom is -0.497 e. The van der Waals surface area contributed by atoms with Crippen molar-refractivity contribution in [3.8, 4) is 5.75 Å². The molecule has 5 nitrogen and oxygen atoms in total. The third-order valence-corrected chi connectivity index (χ3v) is 5.54. The lowest BCUT2D eigenvalue weighted by molar-refractivity contribution is -0.140. The SMILES string of the molecule is COc1cccc(CN(CC2CC(c3ccccc3)=NO2)C(=O)C2CCC2)c1. The molecule has 0 N–H and O–H groups in total. The van der Waals surface area contributed by atoms with Crippen LogP contribution in [-0.2, 0) is 16.2 Å². The average molecular weight is 378 g/mol. The average Bonchev–Trinajstić information content (AvgIpc) is 3.15. The van der Waals surface area contributed by atoms with Gasteiger partial charge in [0.2, 0.25) is 5.91 Å². The second-order valence-electron chi connectivity index (χ2n) is 7.53. The van der Waals surface area contributed by atoms with Crippen LogP contribution < -0.4 is 4.74 Å². The number of hydrogen-bond donors (Lipinski definition) is 0. The van der Waals surface area contributed by atoms with Gasteiger partial charge in [0.1, 0.15) is 5.75 Å². The Kier molecular flexibility index (Phi) is 5.60. The predicted molar refractivity (Wildman–Crippen MR) is 108 cm³/mol. The summed E-state index contributed by atoms with van der Waals surface area (Å²) in [6, 6.07) is 18.0. The fraction of sp³-hybridized carbons (Fsp3) is 0.391. The molecular weight excluding hydrogens is 352 g/mol. The normalized spacial score (nSPS) is 18.8. The van der Waals surface area contributed by atoms with Crippen LogP contribution in [0.2, 0.25) is 0 Å². The highest BCUT2D eigenvalue weighted by molar-refractivity contribution is 6.01. The number of rotatable bonds is 7. The quantitative estimate of drug-likeness (QED) is 0.731. The maximum absolute atomic E-state index is 13.0. The summed E-state index contributed by atoms with van der Waals surface area (Å²) in [7, 11) is 1.66. The molecule has 1 aliphatic carbocycles. The molecule has 1 aliphatic heterocycles. The molecule has 5 heteroatoms. The van der Waals surface area contributed by atoms with Crippen molar-refractivity contribution in [2.24, 2.45) is 11.1 Å². The van der Waals surface area contributed by atoms with Crippen molar-refractivity contribution in [3.05, 3.63) is 65.7 Å². The molecule has 0 saturated heterocycles. The second-order valence-corrected chi connectivity index (χ2v) is 7.53. The molecule has 0 bridgehead atoms. The van der Waals surface area contributed by atoms with Crippen LogP contribution in [0.1, 0.15) is 36.8 Å². The second kappa shape index (κ2) is 8.46. The number of hydrogen-bond acceptors (Lipinski definition) is 4. The van der Waals surface area contributed by atoms with Crippen LogP contribution in [0.4, 0.5) is 0 Å². The number of ether oxygens (including phenoxy) is 1. The first-order valence-electron chi connectivity index (χ1n) is 9.93. The van der Waals surface area contributed by atoms with Gasteiger partial charge in [-0.2, -0.15) is 0 Å². The Bertz CT molecular complexity index is 846. The third kappa shape index (κ3) is 4.19. The molecule has 2 aliphatic rings. The molecule has 2 aromatic rings. The van der Waals surface area contributed by atoms with Gasteiger partial charge in [-0.05, 0) is 36.1 Å². The Labute approximate surface area is 165 Å². The van der Waals surface area contributed by atoms with E-state index in [9.17, 15) is 4.79 Å². The number of nitrogens with zero attached hydrogens (tertiary/aromatic N) is 2. The van der Waals surface area contributed by atoms with E-state index in [1.807, 2.05) is 59.5 Å². The first-order valence-corrected chi connectivity index (χ1v) is 9.93. The van der Waals surface area contributed by atoms with E-state index in [0.29, 0.717) is 13.1 Å². The first-order chi connectivity index (χ1) is 13.7. The van der Waals surface area contributed by atoms with Crippen molar-refractivity contribution < 1.29 is 14.4 Å². The fourth-order valence-electron chi connectivity index (χ4n) is 3.71. The smallest absolute Gasteiger partial charge is 0.226 e. The molecule has 0 aromatic heterocycles. The van der Waals surface area contributed by atoms with E-state index in [4.69, 9.17) is 9.57 Å². The van der Waals surface area contributed by atoms with Crippen LogP contribution in [0.5, 0.6) is 5.75 Å². The van der Waals surface area contributed by atoms with E-state index in [1.165, 1.54) is 0 Å². The molecule has 1 heterocycles. The summed E-state index contributed by atoms with van der Waals surface area (Å²) in [4.78, 5) is 20.6. The fourth-order valence-corrected chi connectivity index (χ4v) is 3.71. The summed E-state index contributed by atoms with van der Waals surface area (Å²) < 4.78 is 5.33. The zero-order valence-electron chi connectivity index (χ0n) is 16.2. The summed E-state index contributed by atoms with van der Waals surface area (Å²) in [5.74, 6) is 1.19. The van der Waals surface area contributed by atoms with Crippen molar-refractivity contribution in [2.75, 3.05) is 13.7 Å². The molecule has 1 atom stereocenters. The Morgan fingerprint density at radius 2 is 2.00 bits per heavy atom. The van der Waals surface area contributed by atoms with Gasteiger partial charge in [-0.1, -0.05) is 54.0 Å². The van der Waals surface area contributed by atoms with E-state index in [2.05, 4.69) is 5.16 Å².